The zero-order valence-corrected chi connectivity index (χ0v) is 11.8. The minimum Gasteiger partial charge on any atom is -0.125 e. The lowest BCUT2D eigenvalue weighted by Crippen LogP contribution is -2.21. The summed E-state index contributed by atoms with van der Waals surface area (Å²) in [5, 5.41) is 0. The molecule has 0 aliphatic heterocycles. The van der Waals surface area contributed by atoms with Crippen LogP contribution in [0.25, 0.3) is 0 Å². The highest BCUT2D eigenvalue weighted by Crippen LogP contribution is 2.37. The molecule has 0 unspecified atom stereocenters. The van der Waals surface area contributed by atoms with Crippen LogP contribution in [0.4, 0.5) is 0 Å². The van der Waals surface area contributed by atoms with E-state index >= 15 is 0 Å². The normalized spacial score (nSPS) is 13.6. The van der Waals surface area contributed by atoms with E-state index in [1.54, 1.807) is 0 Å². The Labute approximate surface area is 106 Å². The molecule has 1 aromatic carbocycles. The molecule has 0 heterocycles. The minimum atomic E-state index is -2.68. The van der Waals surface area contributed by atoms with Crippen LogP contribution < -0.4 is 0 Å². The van der Waals surface area contributed by atoms with E-state index < -0.39 is 6.00 Å². The van der Waals surface area contributed by atoms with E-state index in [4.69, 9.17) is 33.2 Å². The Balaban J connectivity index is 3.07. The highest BCUT2D eigenvalue weighted by Gasteiger charge is 2.35. The van der Waals surface area contributed by atoms with Crippen molar-refractivity contribution < 1.29 is 0 Å². The SMILES string of the molecule is C=CCc1ccccc1[C@H](C)[Si](Cl)(Cl)Cl. The van der Waals surface area contributed by atoms with Crippen molar-refractivity contribution in [2.75, 3.05) is 0 Å². The zero-order valence-electron chi connectivity index (χ0n) is 8.51. The van der Waals surface area contributed by atoms with Crippen LogP contribution in [0.3, 0.4) is 0 Å². The quantitative estimate of drug-likeness (QED) is 0.425. The Bertz CT molecular complexity index is 344. The molecule has 4 heteroatoms. The van der Waals surface area contributed by atoms with Crippen molar-refractivity contribution in [1.29, 1.82) is 0 Å². The maximum atomic E-state index is 6.03. The fourth-order valence-corrected chi connectivity index (χ4v) is 3.17. The Morgan fingerprint density at radius 1 is 1.33 bits per heavy atom. The van der Waals surface area contributed by atoms with Gasteiger partial charge in [0.2, 0.25) is 0 Å². The number of allylic oxidation sites excluding steroid dienone is 1. The van der Waals surface area contributed by atoms with E-state index in [2.05, 4.69) is 12.6 Å². The Kier molecular flexibility index (Phi) is 4.72. The molecule has 0 radical (unpaired) electrons. The van der Waals surface area contributed by atoms with E-state index in [-0.39, 0.29) is 5.54 Å². The predicted octanol–water partition coefficient (Wildman–Crippen LogP) is 4.71. The molecule has 0 saturated heterocycles. The third-order valence-corrected chi connectivity index (χ3v) is 6.62. The van der Waals surface area contributed by atoms with Gasteiger partial charge in [-0.2, -0.15) is 0 Å². The van der Waals surface area contributed by atoms with Gasteiger partial charge in [-0.15, -0.1) is 39.8 Å². The van der Waals surface area contributed by atoms with Gasteiger partial charge in [-0.25, -0.2) is 0 Å². The highest BCUT2D eigenvalue weighted by molar-refractivity contribution is 7.65. The van der Waals surface area contributed by atoms with Crippen molar-refractivity contribution >= 4 is 39.2 Å². The first-order valence-electron chi connectivity index (χ1n) is 4.72. The Morgan fingerprint density at radius 2 is 1.93 bits per heavy atom. The Hall–Kier alpha value is 0.0469. The number of hydrogen-bond donors (Lipinski definition) is 0. The van der Waals surface area contributed by atoms with E-state index in [0.29, 0.717) is 0 Å². The van der Waals surface area contributed by atoms with Gasteiger partial charge in [-0.1, -0.05) is 37.3 Å². The van der Waals surface area contributed by atoms with Crippen LogP contribution in [0, 0.1) is 0 Å². The first-order valence-corrected chi connectivity index (χ1v) is 9.83. The molecule has 1 aromatic rings. The van der Waals surface area contributed by atoms with Gasteiger partial charge in [0.1, 0.15) is 0 Å². The van der Waals surface area contributed by atoms with E-state index in [0.717, 1.165) is 12.0 Å². The van der Waals surface area contributed by atoms with Gasteiger partial charge >= 0.3 is 6.00 Å². The molecular formula is C11H13Cl3Si. The second kappa shape index (κ2) is 5.40. The maximum absolute atomic E-state index is 6.03. The molecule has 82 valence electrons. The molecule has 0 spiro atoms. The van der Waals surface area contributed by atoms with Gasteiger partial charge in [-0.05, 0) is 17.5 Å². The molecule has 0 nitrogen and oxygen atoms in total. The summed E-state index contributed by atoms with van der Waals surface area (Å²) >= 11 is 18.1. The summed E-state index contributed by atoms with van der Waals surface area (Å²) in [4.78, 5) is 0. The van der Waals surface area contributed by atoms with E-state index in [9.17, 15) is 0 Å². The van der Waals surface area contributed by atoms with Crippen LogP contribution in [0.15, 0.2) is 36.9 Å². The molecule has 0 aromatic heterocycles. The van der Waals surface area contributed by atoms with Gasteiger partial charge in [0.05, 0.1) is 0 Å². The van der Waals surface area contributed by atoms with Crippen LogP contribution in [0.1, 0.15) is 23.6 Å². The van der Waals surface area contributed by atoms with Crippen molar-refractivity contribution in [2.24, 2.45) is 0 Å². The monoisotopic (exact) mass is 278 g/mol. The van der Waals surface area contributed by atoms with Crippen molar-refractivity contribution in [3.05, 3.63) is 48.0 Å². The lowest BCUT2D eigenvalue weighted by atomic mass is 10.0. The van der Waals surface area contributed by atoms with Crippen LogP contribution in [0.5, 0.6) is 0 Å². The average molecular weight is 280 g/mol. The molecule has 0 saturated carbocycles. The van der Waals surface area contributed by atoms with Gasteiger partial charge in [0, 0.05) is 5.54 Å². The maximum Gasteiger partial charge on any atom is 0.348 e. The number of benzene rings is 1. The number of rotatable bonds is 4. The van der Waals surface area contributed by atoms with Gasteiger partial charge < -0.3 is 0 Å². The van der Waals surface area contributed by atoms with Gasteiger partial charge in [0.25, 0.3) is 0 Å². The summed E-state index contributed by atoms with van der Waals surface area (Å²) in [6, 6.07) is 5.37. The summed E-state index contributed by atoms with van der Waals surface area (Å²) in [6.07, 6.45) is 2.68. The summed E-state index contributed by atoms with van der Waals surface area (Å²) in [5.74, 6) is 0. The topological polar surface area (TPSA) is 0 Å². The average Bonchev–Trinajstić information content (AvgIpc) is 2.17. The molecule has 1 rings (SSSR count). The molecule has 0 aliphatic carbocycles. The lowest BCUT2D eigenvalue weighted by Gasteiger charge is -2.20. The van der Waals surface area contributed by atoms with Crippen molar-refractivity contribution in [3.63, 3.8) is 0 Å². The highest BCUT2D eigenvalue weighted by atomic mass is 35.8. The standard InChI is InChI=1S/C11H13Cl3Si/c1-3-6-10-7-4-5-8-11(10)9(2)15(12,13)14/h3-5,7-9H,1,6H2,2H3/t9-/m0/s1. The third kappa shape index (κ3) is 3.53. The smallest absolute Gasteiger partial charge is 0.125 e. The van der Waals surface area contributed by atoms with Crippen LogP contribution in [-0.2, 0) is 6.42 Å². The first kappa shape index (κ1) is 13.1. The zero-order chi connectivity index (χ0) is 11.5. The van der Waals surface area contributed by atoms with Crippen LogP contribution >= 0.6 is 33.2 Å². The lowest BCUT2D eigenvalue weighted by molar-refractivity contribution is 1.02. The molecule has 0 fully saturated rings. The molecule has 0 amide bonds. The minimum absolute atomic E-state index is 0.0126. The second-order valence-electron chi connectivity index (χ2n) is 3.45. The third-order valence-electron chi connectivity index (χ3n) is 2.38. The van der Waals surface area contributed by atoms with Crippen molar-refractivity contribution in [2.45, 2.75) is 18.9 Å². The molecule has 0 aliphatic rings. The summed E-state index contributed by atoms with van der Waals surface area (Å²) in [6.45, 7) is 5.70. The summed E-state index contributed by atoms with van der Waals surface area (Å²) in [5.41, 5.74) is 2.33. The fraction of sp³-hybridized carbons (Fsp3) is 0.273. The first-order chi connectivity index (χ1) is 6.96. The number of halogens is 3. The fourth-order valence-electron chi connectivity index (χ4n) is 1.47. The van der Waals surface area contributed by atoms with Crippen molar-refractivity contribution in [3.8, 4) is 0 Å². The molecule has 0 bridgehead atoms. The van der Waals surface area contributed by atoms with Gasteiger partial charge in [-0.3, -0.25) is 0 Å². The largest absolute Gasteiger partial charge is 0.348 e. The van der Waals surface area contributed by atoms with E-state index in [1.807, 2.05) is 31.2 Å². The van der Waals surface area contributed by atoms with Gasteiger partial charge in [0.15, 0.2) is 0 Å². The molecular weight excluding hydrogens is 267 g/mol. The molecule has 0 N–H and O–H groups in total. The predicted molar refractivity (Wildman–Crippen MR) is 72.1 cm³/mol. The Morgan fingerprint density at radius 3 is 2.47 bits per heavy atom. The van der Waals surface area contributed by atoms with Crippen molar-refractivity contribution in [1.82, 2.24) is 0 Å². The molecule has 15 heavy (non-hydrogen) atoms. The van der Waals surface area contributed by atoms with Crippen LogP contribution in [0.2, 0.25) is 0 Å². The van der Waals surface area contributed by atoms with E-state index in [1.165, 1.54) is 5.56 Å². The summed E-state index contributed by atoms with van der Waals surface area (Å²) < 4.78 is 0. The molecule has 1 atom stereocenters. The second-order valence-corrected chi connectivity index (χ2v) is 12.5. The summed E-state index contributed by atoms with van der Waals surface area (Å²) in [7, 11) is 0. The van der Waals surface area contributed by atoms with Crippen LogP contribution in [-0.4, -0.2) is 6.00 Å². The number of hydrogen-bond acceptors (Lipinski definition) is 0.